The van der Waals surface area contributed by atoms with Crippen molar-refractivity contribution in [3.05, 3.63) is 69.6 Å². The lowest BCUT2D eigenvalue weighted by atomic mass is 10.2. The number of benzene rings is 2. The lowest BCUT2D eigenvalue weighted by molar-refractivity contribution is -0.119. The minimum atomic E-state index is -0.766. The summed E-state index contributed by atoms with van der Waals surface area (Å²) in [6.07, 6.45) is 0. The second-order valence-electron chi connectivity index (χ2n) is 6.31. The van der Waals surface area contributed by atoms with Gasteiger partial charge in [-0.05, 0) is 38.1 Å². The van der Waals surface area contributed by atoms with Gasteiger partial charge in [-0.3, -0.25) is 9.59 Å². The van der Waals surface area contributed by atoms with Crippen LogP contribution in [0.4, 0.5) is 5.69 Å². The number of carbonyl (C=O) groups excluding carboxylic acids is 1. The molecule has 1 unspecified atom stereocenters. The highest BCUT2D eigenvalue weighted by atomic mass is 35.5. The third kappa shape index (κ3) is 3.11. The second-order valence-corrected chi connectivity index (χ2v) is 7.80. The molecule has 0 aliphatic rings. The predicted molar refractivity (Wildman–Crippen MR) is 111 cm³/mol. The molecule has 5 nitrogen and oxygen atoms in total. The molecule has 4 aromatic rings. The molecule has 136 valence electrons. The fourth-order valence-corrected chi connectivity index (χ4v) is 4.39. The molecule has 1 atom stereocenters. The molecule has 2 aromatic heterocycles. The maximum atomic E-state index is 13.1. The first-order chi connectivity index (χ1) is 13.0. The van der Waals surface area contributed by atoms with Crippen LogP contribution in [-0.2, 0) is 4.79 Å². The van der Waals surface area contributed by atoms with Gasteiger partial charge in [0, 0.05) is 20.8 Å². The summed E-state index contributed by atoms with van der Waals surface area (Å²) >= 11 is 7.51. The molecule has 2 heterocycles. The topological polar surface area (TPSA) is 64.0 Å². The smallest absolute Gasteiger partial charge is 0.276 e. The van der Waals surface area contributed by atoms with E-state index in [1.54, 1.807) is 42.5 Å². The SMILES string of the molecule is Cc1nn(C(C)C(=O)Nc2cccc(Cl)c2)c(=O)c2c1sc1ccccc12. The standard InChI is InChI=1S/C20H16ClN3O2S/c1-11-18-17(15-8-3-4-9-16(15)27-18)20(26)24(23-11)12(2)19(25)22-14-7-5-6-13(21)10-14/h3-10,12H,1-2H3,(H,22,25). The molecule has 4 rings (SSSR count). The number of aromatic nitrogens is 2. The molecule has 0 bridgehead atoms. The lowest BCUT2D eigenvalue weighted by Crippen LogP contribution is -2.33. The zero-order chi connectivity index (χ0) is 19.1. The molecule has 0 radical (unpaired) electrons. The summed E-state index contributed by atoms with van der Waals surface area (Å²) in [4.78, 5) is 25.8. The summed E-state index contributed by atoms with van der Waals surface area (Å²) < 4.78 is 3.15. The van der Waals surface area contributed by atoms with Gasteiger partial charge in [-0.25, -0.2) is 4.68 Å². The lowest BCUT2D eigenvalue weighted by Gasteiger charge is -2.15. The van der Waals surface area contributed by atoms with Crippen molar-refractivity contribution in [2.75, 3.05) is 5.32 Å². The Kier molecular flexibility index (Phi) is 4.45. The second kappa shape index (κ2) is 6.79. The van der Waals surface area contributed by atoms with E-state index in [0.29, 0.717) is 16.1 Å². The highest BCUT2D eigenvalue weighted by molar-refractivity contribution is 7.26. The van der Waals surface area contributed by atoms with Crippen LogP contribution in [0.3, 0.4) is 0 Å². The summed E-state index contributed by atoms with van der Waals surface area (Å²) in [5.41, 5.74) is 1.04. The van der Waals surface area contributed by atoms with Gasteiger partial charge in [-0.15, -0.1) is 11.3 Å². The van der Waals surface area contributed by atoms with E-state index in [4.69, 9.17) is 11.6 Å². The molecule has 27 heavy (non-hydrogen) atoms. The Balaban J connectivity index is 1.78. The highest BCUT2D eigenvalue weighted by Crippen LogP contribution is 2.33. The van der Waals surface area contributed by atoms with Gasteiger partial charge < -0.3 is 5.32 Å². The summed E-state index contributed by atoms with van der Waals surface area (Å²) in [6, 6.07) is 13.9. The van der Waals surface area contributed by atoms with Crippen LogP contribution in [0.5, 0.6) is 0 Å². The number of nitrogens with zero attached hydrogens (tertiary/aromatic N) is 2. The third-order valence-electron chi connectivity index (χ3n) is 4.44. The molecule has 2 aromatic carbocycles. The van der Waals surface area contributed by atoms with Crippen molar-refractivity contribution in [1.82, 2.24) is 9.78 Å². The zero-order valence-corrected chi connectivity index (χ0v) is 16.3. The van der Waals surface area contributed by atoms with Crippen LogP contribution in [-0.4, -0.2) is 15.7 Å². The van der Waals surface area contributed by atoms with E-state index in [2.05, 4.69) is 10.4 Å². The van der Waals surface area contributed by atoms with Gasteiger partial charge in [0.2, 0.25) is 5.91 Å². The molecule has 0 fully saturated rings. The number of anilines is 1. The fourth-order valence-electron chi connectivity index (χ4n) is 3.07. The molecule has 7 heteroatoms. The number of halogens is 1. The van der Waals surface area contributed by atoms with Crippen LogP contribution in [0.2, 0.25) is 5.02 Å². The summed E-state index contributed by atoms with van der Waals surface area (Å²) in [6.45, 7) is 3.52. The Morgan fingerprint density at radius 1 is 1.22 bits per heavy atom. The van der Waals surface area contributed by atoms with Crippen molar-refractivity contribution >= 4 is 54.7 Å². The summed E-state index contributed by atoms with van der Waals surface area (Å²) in [5.74, 6) is -0.329. The van der Waals surface area contributed by atoms with E-state index >= 15 is 0 Å². The predicted octanol–water partition coefficient (Wildman–Crippen LogP) is 4.77. The van der Waals surface area contributed by atoms with Crippen LogP contribution in [0.1, 0.15) is 18.7 Å². The van der Waals surface area contributed by atoms with Gasteiger partial charge >= 0.3 is 0 Å². The van der Waals surface area contributed by atoms with E-state index < -0.39 is 6.04 Å². The van der Waals surface area contributed by atoms with Crippen molar-refractivity contribution in [3.8, 4) is 0 Å². The molecular formula is C20H16ClN3O2S. The Morgan fingerprint density at radius 3 is 2.78 bits per heavy atom. The first-order valence-corrected chi connectivity index (χ1v) is 9.62. The number of fused-ring (bicyclic) bond motifs is 3. The van der Waals surface area contributed by atoms with Gasteiger partial charge in [-0.2, -0.15) is 5.10 Å². The minimum Gasteiger partial charge on any atom is -0.324 e. The van der Waals surface area contributed by atoms with Crippen LogP contribution >= 0.6 is 22.9 Å². The van der Waals surface area contributed by atoms with Crippen LogP contribution in [0, 0.1) is 6.92 Å². The Labute approximate surface area is 164 Å². The Bertz CT molecular complexity index is 1250. The molecule has 0 aliphatic heterocycles. The number of carbonyl (C=O) groups is 1. The maximum Gasteiger partial charge on any atom is 0.276 e. The number of aryl methyl sites for hydroxylation is 1. The number of hydrogen-bond donors (Lipinski definition) is 1. The number of thiophene rings is 1. The van der Waals surface area contributed by atoms with Crippen molar-refractivity contribution in [1.29, 1.82) is 0 Å². The van der Waals surface area contributed by atoms with E-state index in [0.717, 1.165) is 20.5 Å². The maximum absolute atomic E-state index is 13.1. The highest BCUT2D eigenvalue weighted by Gasteiger charge is 2.22. The monoisotopic (exact) mass is 397 g/mol. The average Bonchev–Trinajstić information content (AvgIpc) is 3.04. The number of amides is 1. The van der Waals surface area contributed by atoms with Crippen molar-refractivity contribution < 1.29 is 4.79 Å². The first kappa shape index (κ1) is 17.7. The summed E-state index contributed by atoms with van der Waals surface area (Å²) in [7, 11) is 0. The Hall–Kier alpha value is -2.70. The quantitative estimate of drug-likeness (QED) is 0.541. The van der Waals surface area contributed by atoms with Crippen LogP contribution in [0.25, 0.3) is 20.2 Å². The van der Waals surface area contributed by atoms with Gasteiger partial charge in [0.1, 0.15) is 6.04 Å². The number of hydrogen-bond acceptors (Lipinski definition) is 4. The van der Waals surface area contributed by atoms with Crippen LogP contribution < -0.4 is 10.9 Å². The molecule has 0 spiro atoms. The summed E-state index contributed by atoms with van der Waals surface area (Å²) in [5, 5.41) is 9.22. The van der Waals surface area contributed by atoms with Crippen molar-refractivity contribution in [3.63, 3.8) is 0 Å². The van der Waals surface area contributed by atoms with Crippen LogP contribution in [0.15, 0.2) is 53.3 Å². The van der Waals surface area contributed by atoms with Gasteiger partial charge in [0.25, 0.3) is 5.56 Å². The van der Waals surface area contributed by atoms with E-state index in [9.17, 15) is 9.59 Å². The molecular weight excluding hydrogens is 382 g/mol. The Morgan fingerprint density at radius 2 is 2.00 bits per heavy atom. The van der Waals surface area contributed by atoms with E-state index in [1.165, 1.54) is 4.68 Å². The first-order valence-electron chi connectivity index (χ1n) is 8.43. The largest absolute Gasteiger partial charge is 0.324 e. The normalized spacial score (nSPS) is 12.4. The average molecular weight is 398 g/mol. The van der Waals surface area contributed by atoms with Gasteiger partial charge in [0.15, 0.2) is 0 Å². The molecule has 0 saturated heterocycles. The molecule has 1 N–H and O–H groups in total. The van der Waals surface area contributed by atoms with Crippen molar-refractivity contribution in [2.45, 2.75) is 19.9 Å². The van der Waals surface area contributed by atoms with E-state index in [-0.39, 0.29) is 11.5 Å². The number of rotatable bonds is 3. The molecule has 1 amide bonds. The minimum absolute atomic E-state index is 0.262. The molecule has 0 saturated carbocycles. The van der Waals surface area contributed by atoms with Crippen molar-refractivity contribution in [2.24, 2.45) is 0 Å². The van der Waals surface area contributed by atoms with Gasteiger partial charge in [0.05, 0.1) is 15.8 Å². The fraction of sp³-hybridized carbons (Fsp3) is 0.150. The number of nitrogens with one attached hydrogen (secondary N) is 1. The van der Waals surface area contributed by atoms with E-state index in [1.807, 2.05) is 31.2 Å². The third-order valence-corrected chi connectivity index (χ3v) is 5.96. The zero-order valence-electron chi connectivity index (χ0n) is 14.7. The van der Waals surface area contributed by atoms with Gasteiger partial charge in [-0.1, -0.05) is 35.9 Å². The molecule has 0 aliphatic carbocycles.